The molecule has 0 aliphatic heterocycles. The first-order valence-electron chi connectivity index (χ1n) is 14.1. The van der Waals surface area contributed by atoms with Crippen molar-refractivity contribution in [3.63, 3.8) is 0 Å². The maximum absolute atomic E-state index is 6.19. The Bertz CT molecular complexity index is 1190. The summed E-state index contributed by atoms with van der Waals surface area (Å²) in [6, 6.07) is 12.6. The Kier molecular flexibility index (Phi) is 14.8. The van der Waals surface area contributed by atoms with E-state index in [4.69, 9.17) is 42.9 Å². The van der Waals surface area contributed by atoms with Gasteiger partial charge in [0.15, 0.2) is 0 Å². The van der Waals surface area contributed by atoms with E-state index >= 15 is 0 Å². The number of aromatic nitrogens is 1. The minimum Gasteiger partial charge on any atom is -0.491 e. The summed E-state index contributed by atoms with van der Waals surface area (Å²) in [5.41, 5.74) is 6.07. The zero-order valence-electron chi connectivity index (χ0n) is 25.2. The Morgan fingerprint density at radius 1 is 0.561 bits per heavy atom. The molecule has 0 atom stereocenters. The summed E-state index contributed by atoms with van der Waals surface area (Å²) in [6.45, 7) is 12.4. The fourth-order valence-electron chi connectivity index (χ4n) is 4.24. The summed E-state index contributed by atoms with van der Waals surface area (Å²) in [4.78, 5) is 4.85. The second-order valence-corrected chi connectivity index (χ2v) is 9.53. The zero-order chi connectivity index (χ0) is 29.3. The Hall–Kier alpha value is -2.79. The minimum atomic E-state index is 0.429. The zero-order valence-corrected chi connectivity index (χ0v) is 25.2. The van der Waals surface area contributed by atoms with Crippen LogP contribution >= 0.6 is 0 Å². The molecule has 0 saturated heterocycles. The molecule has 41 heavy (non-hydrogen) atoms. The van der Waals surface area contributed by atoms with Gasteiger partial charge in [0.2, 0.25) is 0 Å². The number of methoxy groups -OCH3 is 2. The number of fused-ring (bicyclic) bond motifs is 1. The number of nitrogens with zero attached hydrogens (tertiary/aromatic N) is 1. The molecule has 0 aliphatic rings. The maximum atomic E-state index is 6.19. The lowest BCUT2D eigenvalue weighted by molar-refractivity contribution is 0.0179. The van der Waals surface area contributed by atoms with Crippen LogP contribution < -0.4 is 9.47 Å². The van der Waals surface area contributed by atoms with Gasteiger partial charge in [-0.15, -0.1) is 0 Å². The molecule has 0 unspecified atom stereocenters. The van der Waals surface area contributed by atoms with E-state index in [1.165, 1.54) is 0 Å². The van der Waals surface area contributed by atoms with Gasteiger partial charge in [-0.1, -0.05) is 18.2 Å². The van der Waals surface area contributed by atoms with Crippen LogP contribution in [0, 0.1) is 20.8 Å². The molecule has 0 bridgehead atoms. The van der Waals surface area contributed by atoms with Crippen molar-refractivity contribution in [2.75, 3.05) is 93.5 Å². The van der Waals surface area contributed by atoms with Crippen LogP contribution in [0.4, 0.5) is 0 Å². The van der Waals surface area contributed by atoms with Gasteiger partial charge in [-0.2, -0.15) is 0 Å². The molecule has 3 aromatic rings. The van der Waals surface area contributed by atoms with Gasteiger partial charge in [-0.3, -0.25) is 0 Å². The third kappa shape index (κ3) is 10.8. The minimum absolute atomic E-state index is 0.429. The first kappa shape index (κ1) is 32.7. The molecule has 0 amide bonds. The highest BCUT2D eigenvalue weighted by molar-refractivity contribution is 5.98. The number of hydrogen-bond acceptors (Lipinski definition) is 9. The Morgan fingerprint density at radius 2 is 1.12 bits per heavy atom. The van der Waals surface area contributed by atoms with E-state index in [-0.39, 0.29) is 0 Å². The molecule has 0 fully saturated rings. The van der Waals surface area contributed by atoms with Gasteiger partial charge in [0.1, 0.15) is 30.2 Å². The van der Waals surface area contributed by atoms with Crippen molar-refractivity contribution in [3.05, 3.63) is 53.2 Å². The van der Waals surface area contributed by atoms with Gasteiger partial charge in [0, 0.05) is 25.3 Å². The van der Waals surface area contributed by atoms with E-state index in [1.54, 1.807) is 14.2 Å². The fourth-order valence-corrected chi connectivity index (χ4v) is 4.24. The van der Waals surface area contributed by atoms with Gasteiger partial charge < -0.3 is 37.9 Å². The van der Waals surface area contributed by atoms with Gasteiger partial charge in [0.25, 0.3) is 0 Å². The van der Waals surface area contributed by atoms with Crippen LogP contribution in [0.25, 0.3) is 22.0 Å². The molecule has 3 rings (SSSR count). The maximum Gasteiger partial charge on any atom is 0.148 e. The van der Waals surface area contributed by atoms with E-state index in [1.807, 2.05) is 19.9 Å². The monoisotopic (exact) mass is 571 g/mol. The normalized spacial score (nSPS) is 11.3. The predicted octanol–water partition coefficient (Wildman–Crippen LogP) is 4.94. The van der Waals surface area contributed by atoms with E-state index < -0.39 is 0 Å². The summed E-state index contributed by atoms with van der Waals surface area (Å²) in [6.07, 6.45) is 0. The van der Waals surface area contributed by atoms with Gasteiger partial charge >= 0.3 is 0 Å². The number of rotatable bonds is 21. The van der Waals surface area contributed by atoms with Crippen LogP contribution in [0.5, 0.6) is 11.5 Å². The van der Waals surface area contributed by atoms with Crippen molar-refractivity contribution in [3.8, 4) is 22.6 Å². The van der Waals surface area contributed by atoms with Crippen molar-refractivity contribution < 1.29 is 37.9 Å². The van der Waals surface area contributed by atoms with Gasteiger partial charge in [-0.25, -0.2) is 4.98 Å². The van der Waals surface area contributed by atoms with E-state index in [0.29, 0.717) is 79.3 Å². The van der Waals surface area contributed by atoms with Crippen LogP contribution in [-0.2, 0) is 28.4 Å². The van der Waals surface area contributed by atoms with Gasteiger partial charge in [0.05, 0.1) is 66.1 Å². The molecule has 0 spiro atoms. The highest BCUT2D eigenvalue weighted by atomic mass is 16.6. The summed E-state index contributed by atoms with van der Waals surface area (Å²) in [5.74, 6) is 1.63. The number of hydrogen-bond donors (Lipinski definition) is 0. The van der Waals surface area contributed by atoms with Crippen molar-refractivity contribution in [1.29, 1.82) is 0 Å². The number of pyridine rings is 1. The van der Waals surface area contributed by atoms with Crippen molar-refractivity contribution in [1.82, 2.24) is 4.98 Å². The topological polar surface area (TPSA) is 86.7 Å². The Labute approximate surface area is 244 Å². The molecule has 0 saturated carbocycles. The molecular weight excluding hydrogens is 526 g/mol. The quantitative estimate of drug-likeness (QED) is 0.165. The first-order valence-corrected chi connectivity index (χ1v) is 14.1. The highest BCUT2D eigenvalue weighted by Gasteiger charge is 2.14. The lowest BCUT2D eigenvalue weighted by atomic mass is 9.97. The Balaban J connectivity index is 1.59. The molecule has 1 aromatic heterocycles. The van der Waals surface area contributed by atoms with Crippen LogP contribution in [0.1, 0.15) is 16.8 Å². The highest BCUT2D eigenvalue weighted by Crippen LogP contribution is 2.36. The van der Waals surface area contributed by atoms with Crippen molar-refractivity contribution in [2.24, 2.45) is 0 Å². The van der Waals surface area contributed by atoms with Crippen LogP contribution in [-0.4, -0.2) is 98.5 Å². The van der Waals surface area contributed by atoms with Crippen LogP contribution in [0.3, 0.4) is 0 Å². The third-order valence-corrected chi connectivity index (χ3v) is 6.31. The van der Waals surface area contributed by atoms with Gasteiger partial charge in [-0.05, 0) is 61.2 Å². The van der Waals surface area contributed by atoms with E-state index in [0.717, 1.165) is 50.3 Å². The standard InChI is InChI=1S/C32H45NO8/c1-24-6-8-28-29(23-26(3)33-31(28)32(24)41-21-19-39-17-15-37-13-11-35-5)27-7-9-30(25(2)22-27)40-20-18-38-16-14-36-12-10-34-4/h6-9,22-23H,10-21H2,1-5H3. The predicted molar refractivity (Wildman–Crippen MR) is 159 cm³/mol. The molecule has 9 heteroatoms. The number of benzene rings is 2. The lowest BCUT2D eigenvalue weighted by Gasteiger charge is -2.16. The van der Waals surface area contributed by atoms with Crippen LogP contribution in [0.2, 0.25) is 0 Å². The molecular formula is C32H45NO8. The van der Waals surface area contributed by atoms with E-state index in [9.17, 15) is 0 Å². The number of ether oxygens (including phenoxy) is 8. The molecule has 2 aromatic carbocycles. The SMILES string of the molecule is COCCOCCOCCOc1ccc(-c2cc(C)nc3c(OCCOCCOCCOC)c(C)ccc23)cc1C. The van der Waals surface area contributed by atoms with Crippen LogP contribution in [0.15, 0.2) is 36.4 Å². The van der Waals surface area contributed by atoms with E-state index in [2.05, 4.69) is 37.3 Å². The van der Waals surface area contributed by atoms with Crippen molar-refractivity contribution in [2.45, 2.75) is 20.8 Å². The summed E-state index contributed by atoms with van der Waals surface area (Å²) in [5, 5.41) is 1.04. The average Bonchev–Trinajstić information content (AvgIpc) is 2.96. The molecule has 9 nitrogen and oxygen atoms in total. The third-order valence-electron chi connectivity index (χ3n) is 6.31. The molecule has 0 N–H and O–H groups in total. The Morgan fingerprint density at radius 3 is 1.71 bits per heavy atom. The number of aryl methyl sites for hydroxylation is 3. The summed E-state index contributed by atoms with van der Waals surface area (Å²) < 4.78 is 44.1. The molecule has 226 valence electrons. The lowest BCUT2D eigenvalue weighted by Crippen LogP contribution is -2.13. The smallest absolute Gasteiger partial charge is 0.148 e. The first-order chi connectivity index (χ1) is 20.0. The summed E-state index contributed by atoms with van der Waals surface area (Å²) >= 11 is 0. The second-order valence-electron chi connectivity index (χ2n) is 9.53. The molecule has 1 heterocycles. The fraction of sp³-hybridized carbons (Fsp3) is 0.531. The summed E-state index contributed by atoms with van der Waals surface area (Å²) in [7, 11) is 3.31. The molecule has 0 radical (unpaired) electrons. The molecule has 0 aliphatic carbocycles. The average molecular weight is 572 g/mol. The van der Waals surface area contributed by atoms with Crippen molar-refractivity contribution >= 4 is 10.9 Å². The largest absolute Gasteiger partial charge is 0.491 e. The second kappa shape index (κ2) is 18.6.